The van der Waals surface area contributed by atoms with Crippen molar-refractivity contribution < 1.29 is 19.4 Å². The Labute approximate surface area is 208 Å². The van der Waals surface area contributed by atoms with Crippen LogP contribution in [0.5, 0.6) is 0 Å². The first-order valence-corrected chi connectivity index (χ1v) is 12.3. The maximum absolute atomic E-state index is 12.5. The Balaban J connectivity index is 1.42. The zero-order chi connectivity index (χ0) is 24.8. The van der Waals surface area contributed by atoms with Gasteiger partial charge in [0, 0.05) is 12.1 Å². The first-order chi connectivity index (χ1) is 16.9. The lowest BCUT2D eigenvalue weighted by Crippen LogP contribution is -2.30. The summed E-state index contributed by atoms with van der Waals surface area (Å²) in [5.74, 6) is 6.66. The van der Waals surface area contributed by atoms with E-state index >= 15 is 0 Å². The normalized spacial score (nSPS) is 15.2. The summed E-state index contributed by atoms with van der Waals surface area (Å²) in [4.78, 5) is 23.9. The Hall–Kier alpha value is -3.83. The Bertz CT molecular complexity index is 1280. The van der Waals surface area contributed by atoms with Gasteiger partial charge < -0.3 is 15.2 Å². The number of fused-ring (bicyclic) bond motifs is 1. The van der Waals surface area contributed by atoms with Gasteiger partial charge in [0.25, 0.3) is 0 Å². The number of aromatic nitrogens is 1. The molecule has 2 unspecified atom stereocenters. The van der Waals surface area contributed by atoms with Crippen LogP contribution in [-0.2, 0) is 17.6 Å². The molecule has 2 aromatic carbocycles. The molecule has 3 aromatic rings. The van der Waals surface area contributed by atoms with Gasteiger partial charge in [-0.15, -0.1) is 0 Å². The van der Waals surface area contributed by atoms with E-state index in [2.05, 4.69) is 39.0 Å². The topological polar surface area (TPSA) is 101 Å². The average Bonchev–Trinajstić information content (AvgIpc) is 3.20. The minimum absolute atomic E-state index is 0.314. The Kier molecular flexibility index (Phi) is 7.68. The number of hydrogen-bond acceptors (Lipinski definition) is 5. The van der Waals surface area contributed by atoms with Crippen molar-refractivity contribution in [2.75, 3.05) is 11.9 Å². The van der Waals surface area contributed by atoms with Crippen molar-refractivity contribution in [2.24, 2.45) is 5.92 Å². The van der Waals surface area contributed by atoms with Gasteiger partial charge in [-0.2, -0.15) is 4.37 Å². The molecule has 1 heterocycles. The maximum Gasteiger partial charge on any atom is 0.412 e. The number of benzene rings is 2. The number of aryl methyl sites for hydroxylation is 2. The molecular weight excluding hydrogens is 462 g/mol. The van der Waals surface area contributed by atoms with Gasteiger partial charge in [0.2, 0.25) is 0 Å². The molecule has 1 aliphatic carbocycles. The van der Waals surface area contributed by atoms with E-state index in [0.29, 0.717) is 28.7 Å². The van der Waals surface area contributed by atoms with Crippen LogP contribution >= 0.6 is 11.5 Å². The predicted molar refractivity (Wildman–Crippen MR) is 136 cm³/mol. The summed E-state index contributed by atoms with van der Waals surface area (Å²) >= 11 is 1.24. The van der Waals surface area contributed by atoms with Crippen LogP contribution in [0.3, 0.4) is 0 Å². The molecule has 180 valence electrons. The number of carbonyl (C=O) groups excluding carboxylic acids is 1. The lowest BCUT2D eigenvalue weighted by Gasteiger charge is -2.24. The largest absolute Gasteiger partial charge is 0.465 e. The molecule has 0 aliphatic heterocycles. The van der Waals surface area contributed by atoms with Crippen molar-refractivity contribution in [3.8, 4) is 11.8 Å². The highest BCUT2D eigenvalue weighted by Crippen LogP contribution is 2.27. The lowest BCUT2D eigenvalue weighted by atomic mass is 9.83. The van der Waals surface area contributed by atoms with Gasteiger partial charge in [-0.05, 0) is 85.3 Å². The minimum atomic E-state index is -0.979. The third-order valence-corrected chi connectivity index (χ3v) is 6.90. The second kappa shape index (κ2) is 11.1. The molecule has 0 saturated heterocycles. The minimum Gasteiger partial charge on any atom is -0.465 e. The molecule has 1 aliphatic rings. The van der Waals surface area contributed by atoms with Crippen LogP contribution < -0.4 is 10.6 Å². The van der Waals surface area contributed by atoms with Crippen LogP contribution in [0.1, 0.15) is 52.3 Å². The highest BCUT2D eigenvalue weighted by Gasteiger charge is 2.20. The molecule has 4 rings (SSSR count). The molecule has 1 aromatic heterocycles. The Morgan fingerprint density at radius 3 is 2.77 bits per heavy atom. The average molecular weight is 490 g/mol. The van der Waals surface area contributed by atoms with Gasteiger partial charge in [0.1, 0.15) is 11.0 Å². The van der Waals surface area contributed by atoms with Crippen molar-refractivity contribution in [1.82, 2.24) is 9.69 Å². The molecule has 0 spiro atoms. The molecule has 3 N–H and O–H groups in total. The van der Waals surface area contributed by atoms with Crippen molar-refractivity contribution in [3.63, 3.8) is 0 Å². The van der Waals surface area contributed by atoms with E-state index in [1.54, 1.807) is 0 Å². The second-order valence-electron chi connectivity index (χ2n) is 8.58. The number of nitrogens with one attached hydrogen (secondary N) is 2. The highest BCUT2D eigenvalue weighted by atomic mass is 32.1. The van der Waals surface area contributed by atoms with E-state index in [1.807, 2.05) is 50.2 Å². The van der Waals surface area contributed by atoms with Crippen LogP contribution in [-0.4, -0.2) is 28.2 Å². The van der Waals surface area contributed by atoms with E-state index in [1.165, 1.54) is 22.7 Å². The third-order valence-electron chi connectivity index (χ3n) is 6.04. The number of anilines is 1. The van der Waals surface area contributed by atoms with E-state index in [4.69, 9.17) is 9.84 Å². The fourth-order valence-corrected chi connectivity index (χ4v) is 4.84. The molecule has 35 heavy (non-hydrogen) atoms. The number of ether oxygens (including phenoxy) is 1. The van der Waals surface area contributed by atoms with Crippen molar-refractivity contribution in [2.45, 2.75) is 39.2 Å². The molecule has 0 fully saturated rings. The predicted octanol–water partition coefficient (Wildman–Crippen LogP) is 5.53. The van der Waals surface area contributed by atoms with E-state index in [9.17, 15) is 9.59 Å². The van der Waals surface area contributed by atoms with E-state index < -0.39 is 12.2 Å². The van der Waals surface area contributed by atoms with E-state index in [-0.39, 0.29) is 6.10 Å². The molecule has 0 saturated carbocycles. The molecule has 8 heteroatoms. The van der Waals surface area contributed by atoms with Crippen molar-refractivity contribution >= 4 is 29.4 Å². The summed E-state index contributed by atoms with van der Waals surface area (Å²) in [6.07, 6.45) is 0.785. The summed E-state index contributed by atoms with van der Waals surface area (Å²) in [6, 6.07) is 15.7. The number of carboxylic acid groups (broad SMARTS) is 1. The standard InChI is InChI=1S/C27H27N3O4S/c1-17-25(29-27(33)34-18(2)21-6-4-3-5-7-21)24(35-30-17)13-10-19-8-11-23-15-20(16-28-26(31)32)9-12-22(23)14-19/h3-8,11,14,18,20,28H,9,12,15-16H2,1-2H3,(H,29,33)(H,31,32). The number of amides is 2. The van der Waals surface area contributed by atoms with Crippen LogP contribution in [0, 0.1) is 24.7 Å². The molecule has 2 amide bonds. The first kappa shape index (κ1) is 24.3. The third kappa shape index (κ3) is 6.40. The monoisotopic (exact) mass is 489 g/mol. The highest BCUT2D eigenvalue weighted by molar-refractivity contribution is 7.07. The van der Waals surface area contributed by atoms with Gasteiger partial charge in [0.05, 0.1) is 11.4 Å². The number of rotatable bonds is 5. The fraction of sp³-hybridized carbons (Fsp3) is 0.296. The molecule has 0 radical (unpaired) electrons. The molecule has 2 atom stereocenters. The Morgan fingerprint density at radius 1 is 1.20 bits per heavy atom. The molecular formula is C27H27N3O4S. The summed E-state index contributed by atoms with van der Waals surface area (Å²) in [5.41, 5.74) is 5.56. The Morgan fingerprint density at radius 2 is 2.00 bits per heavy atom. The summed E-state index contributed by atoms with van der Waals surface area (Å²) < 4.78 is 9.87. The maximum atomic E-state index is 12.5. The first-order valence-electron chi connectivity index (χ1n) is 11.5. The van der Waals surface area contributed by atoms with Crippen LogP contribution in [0.2, 0.25) is 0 Å². The summed E-state index contributed by atoms with van der Waals surface area (Å²) in [7, 11) is 0. The van der Waals surface area contributed by atoms with Gasteiger partial charge in [-0.1, -0.05) is 42.3 Å². The van der Waals surface area contributed by atoms with Crippen LogP contribution in [0.15, 0.2) is 48.5 Å². The second-order valence-corrected chi connectivity index (χ2v) is 9.36. The number of carbonyl (C=O) groups is 2. The smallest absolute Gasteiger partial charge is 0.412 e. The quantitative estimate of drug-likeness (QED) is 0.409. The summed E-state index contributed by atoms with van der Waals surface area (Å²) in [6.45, 7) is 4.13. The molecule has 7 nitrogen and oxygen atoms in total. The van der Waals surface area contributed by atoms with Crippen LogP contribution in [0.4, 0.5) is 15.3 Å². The van der Waals surface area contributed by atoms with Crippen LogP contribution in [0.25, 0.3) is 0 Å². The van der Waals surface area contributed by atoms with Gasteiger partial charge in [-0.25, -0.2) is 9.59 Å². The number of hydrogen-bond donors (Lipinski definition) is 3. The van der Waals surface area contributed by atoms with Gasteiger partial charge >= 0.3 is 12.2 Å². The van der Waals surface area contributed by atoms with Gasteiger partial charge in [0.15, 0.2) is 0 Å². The molecule has 0 bridgehead atoms. The van der Waals surface area contributed by atoms with Gasteiger partial charge in [-0.3, -0.25) is 5.32 Å². The zero-order valence-electron chi connectivity index (χ0n) is 19.6. The summed E-state index contributed by atoms with van der Waals surface area (Å²) in [5, 5.41) is 14.1. The zero-order valence-corrected chi connectivity index (χ0v) is 20.4. The van der Waals surface area contributed by atoms with E-state index in [0.717, 1.165) is 30.4 Å². The van der Waals surface area contributed by atoms with Crippen molar-refractivity contribution in [3.05, 3.63) is 81.4 Å². The number of nitrogens with zero attached hydrogens (tertiary/aromatic N) is 1. The van der Waals surface area contributed by atoms with Crippen molar-refractivity contribution in [1.29, 1.82) is 0 Å². The fourth-order valence-electron chi connectivity index (χ4n) is 4.13. The SMILES string of the molecule is Cc1nsc(C#Cc2ccc3c(c2)CCC(CNC(=O)O)C3)c1NC(=O)OC(C)c1ccccc1. The lowest BCUT2D eigenvalue weighted by molar-refractivity contribution is 0.121.